The van der Waals surface area contributed by atoms with Gasteiger partial charge in [0.15, 0.2) is 0 Å². The van der Waals surface area contributed by atoms with Crippen LogP contribution in [0.4, 0.5) is 0 Å². The maximum Gasteiger partial charge on any atom is 0.0676 e. The van der Waals surface area contributed by atoms with Crippen LogP contribution in [0.5, 0.6) is 0 Å². The van der Waals surface area contributed by atoms with Crippen molar-refractivity contribution >= 4 is 0 Å². The Labute approximate surface area is 130 Å². The Morgan fingerprint density at radius 2 is 1.71 bits per heavy atom. The predicted octanol–water partition coefficient (Wildman–Crippen LogP) is 4.75. The van der Waals surface area contributed by atoms with Gasteiger partial charge in [0.05, 0.1) is 11.4 Å². The SMILES string of the molecule is CCCCCCCCC(NCC)c1cc(C)nnc1CC. The summed E-state index contributed by atoms with van der Waals surface area (Å²) in [6.07, 6.45) is 10.3. The predicted molar refractivity (Wildman–Crippen MR) is 90.6 cm³/mol. The van der Waals surface area contributed by atoms with Crippen molar-refractivity contribution in [2.45, 2.75) is 85.1 Å². The molecule has 1 unspecified atom stereocenters. The fraction of sp³-hybridized carbons (Fsp3) is 0.778. The van der Waals surface area contributed by atoms with Crippen molar-refractivity contribution in [2.75, 3.05) is 6.54 Å². The van der Waals surface area contributed by atoms with Crippen LogP contribution in [0.15, 0.2) is 6.07 Å². The van der Waals surface area contributed by atoms with Crippen LogP contribution in [0.25, 0.3) is 0 Å². The highest BCUT2D eigenvalue weighted by Crippen LogP contribution is 2.23. The summed E-state index contributed by atoms with van der Waals surface area (Å²) in [5.74, 6) is 0. The van der Waals surface area contributed by atoms with Gasteiger partial charge in [-0.25, -0.2) is 0 Å². The lowest BCUT2D eigenvalue weighted by molar-refractivity contribution is 0.471. The van der Waals surface area contributed by atoms with Crippen molar-refractivity contribution in [3.8, 4) is 0 Å². The molecule has 1 atom stereocenters. The minimum atomic E-state index is 0.435. The summed E-state index contributed by atoms with van der Waals surface area (Å²) in [6.45, 7) is 9.65. The first-order valence-corrected chi connectivity index (χ1v) is 8.79. The van der Waals surface area contributed by atoms with Crippen LogP contribution < -0.4 is 5.32 Å². The van der Waals surface area contributed by atoms with Gasteiger partial charge < -0.3 is 5.32 Å². The van der Waals surface area contributed by atoms with E-state index in [0.29, 0.717) is 6.04 Å². The molecule has 0 aliphatic rings. The second kappa shape index (κ2) is 10.7. The molecule has 0 amide bonds. The van der Waals surface area contributed by atoms with Crippen molar-refractivity contribution < 1.29 is 0 Å². The van der Waals surface area contributed by atoms with E-state index < -0.39 is 0 Å². The van der Waals surface area contributed by atoms with Crippen LogP contribution in [-0.2, 0) is 6.42 Å². The lowest BCUT2D eigenvalue weighted by Gasteiger charge is -2.20. The number of unbranched alkanes of at least 4 members (excludes halogenated alkanes) is 5. The van der Waals surface area contributed by atoms with Crippen LogP contribution >= 0.6 is 0 Å². The average molecular weight is 291 g/mol. The van der Waals surface area contributed by atoms with Crippen LogP contribution in [0.3, 0.4) is 0 Å². The Bertz CT molecular complexity index is 390. The van der Waals surface area contributed by atoms with Gasteiger partial charge in [0.25, 0.3) is 0 Å². The quantitative estimate of drug-likeness (QED) is 0.598. The third-order valence-electron chi connectivity index (χ3n) is 4.03. The fourth-order valence-corrected chi connectivity index (χ4v) is 2.85. The number of aryl methyl sites for hydroxylation is 2. The first-order chi connectivity index (χ1) is 10.2. The standard InChI is InChI=1S/C18H33N3/c1-5-8-9-10-11-12-13-18(19-7-3)16-14-15(4)20-21-17(16)6-2/h14,18-19H,5-13H2,1-4H3. The molecule has 0 saturated carbocycles. The number of rotatable bonds is 11. The lowest BCUT2D eigenvalue weighted by Crippen LogP contribution is -2.23. The monoisotopic (exact) mass is 291 g/mol. The lowest BCUT2D eigenvalue weighted by atomic mass is 9.97. The van der Waals surface area contributed by atoms with Crippen molar-refractivity contribution in [1.29, 1.82) is 0 Å². The highest BCUT2D eigenvalue weighted by molar-refractivity contribution is 5.24. The smallest absolute Gasteiger partial charge is 0.0676 e. The van der Waals surface area contributed by atoms with Crippen molar-refractivity contribution in [1.82, 2.24) is 15.5 Å². The van der Waals surface area contributed by atoms with Crippen molar-refractivity contribution in [3.63, 3.8) is 0 Å². The fourth-order valence-electron chi connectivity index (χ4n) is 2.85. The molecule has 0 bridgehead atoms. The summed E-state index contributed by atoms with van der Waals surface area (Å²) < 4.78 is 0. The molecule has 0 spiro atoms. The number of hydrogen-bond donors (Lipinski definition) is 1. The minimum Gasteiger partial charge on any atom is -0.310 e. The van der Waals surface area contributed by atoms with E-state index in [1.54, 1.807) is 0 Å². The molecule has 0 aliphatic heterocycles. The molecule has 0 aliphatic carbocycles. The maximum atomic E-state index is 4.38. The van der Waals surface area contributed by atoms with E-state index in [1.165, 1.54) is 50.5 Å². The van der Waals surface area contributed by atoms with Crippen LogP contribution in [-0.4, -0.2) is 16.7 Å². The molecule has 3 heteroatoms. The van der Waals surface area contributed by atoms with Gasteiger partial charge in [0.1, 0.15) is 0 Å². The van der Waals surface area contributed by atoms with Gasteiger partial charge in [-0.15, -0.1) is 0 Å². The highest BCUT2D eigenvalue weighted by Gasteiger charge is 2.15. The molecular weight excluding hydrogens is 258 g/mol. The Hall–Kier alpha value is -0.960. The zero-order valence-electron chi connectivity index (χ0n) is 14.4. The van der Waals surface area contributed by atoms with Gasteiger partial charge in [-0.05, 0) is 37.9 Å². The third-order valence-corrected chi connectivity index (χ3v) is 4.03. The topological polar surface area (TPSA) is 37.8 Å². The van der Waals surface area contributed by atoms with E-state index in [4.69, 9.17) is 0 Å². The van der Waals surface area contributed by atoms with Crippen molar-refractivity contribution in [3.05, 3.63) is 23.0 Å². The van der Waals surface area contributed by atoms with E-state index >= 15 is 0 Å². The molecule has 21 heavy (non-hydrogen) atoms. The second-order valence-electron chi connectivity index (χ2n) is 5.91. The van der Waals surface area contributed by atoms with Gasteiger partial charge in [0, 0.05) is 6.04 Å². The van der Waals surface area contributed by atoms with Gasteiger partial charge in [-0.1, -0.05) is 59.3 Å². The van der Waals surface area contributed by atoms with E-state index in [-0.39, 0.29) is 0 Å². The number of nitrogens with zero attached hydrogens (tertiary/aromatic N) is 2. The van der Waals surface area contributed by atoms with Crippen LogP contribution in [0, 0.1) is 6.92 Å². The average Bonchev–Trinajstić information content (AvgIpc) is 2.49. The second-order valence-corrected chi connectivity index (χ2v) is 5.91. The zero-order valence-corrected chi connectivity index (χ0v) is 14.4. The Kier molecular flexibility index (Phi) is 9.24. The molecule has 120 valence electrons. The molecule has 1 rings (SSSR count). The number of nitrogens with one attached hydrogen (secondary N) is 1. The van der Waals surface area contributed by atoms with Gasteiger partial charge >= 0.3 is 0 Å². The molecule has 0 fully saturated rings. The summed E-state index contributed by atoms with van der Waals surface area (Å²) >= 11 is 0. The van der Waals surface area contributed by atoms with E-state index in [2.05, 4.69) is 42.4 Å². The van der Waals surface area contributed by atoms with Gasteiger partial charge in [-0.2, -0.15) is 10.2 Å². The molecular formula is C18H33N3. The maximum absolute atomic E-state index is 4.38. The van der Waals surface area contributed by atoms with Crippen LogP contribution in [0.2, 0.25) is 0 Å². The summed E-state index contributed by atoms with van der Waals surface area (Å²) in [6, 6.07) is 2.65. The Balaban J connectivity index is 2.58. The van der Waals surface area contributed by atoms with E-state index in [1.807, 2.05) is 6.92 Å². The molecule has 1 N–H and O–H groups in total. The largest absolute Gasteiger partial charge is 0.310 e. The summed E-state index contributed by atoms with van der Waals surface area (Å²) in [5.41, 5.74) is 3.53. The van der Waals surface area contributed by atoms with E-state index in [9.17, 15) is 0 Å². The number of hydrogen-bond acceptors (Lipinski definition) is 3. The summed E-state index contributed by atoms with van der Waals surface area (Å²) in [4.78, 5) is 0. The summed E-state index contributed by atoms with van der Waals surface area (Å²) in [5, 5.41) is 12.2. The van der Waals surface area contributed by atoms with Crippen LogP contribution in [0.1, 0.15) is 88.7 Å². The molecule has 1 heterocycles. The zero-order chi connectivity index (χ0) is 15.5. The normalized spacial score (nSPS) is 12.6. The molecule has 0 aromatic carbocycles. The first-order valence-electron chi connectivity index (χ1n) is 8.79. The molecule has 1 aromatic heterocycles. The highest BCUT2D eigenvalue weighted by atomic mass is 15.1. The molecule has 0 saturated heterocycles. The Morgan fingerprint density at radius 1 is 1.00 bits per heavy atom. The molecule has 0 radical (unpaired) electrons. The summed E-state index contributed by atoms with van der Waals surface area (Å²) in [7, 11) is 0. The molecule has 1 aromatic rings. The van der Waals surface area contributed by atoms with Gasteiger partial charge in [-0.3, -0.25) is 0 Å². The van der Waals surface area contributed by atoms with E-state index in [0.717, 1.165) is 24.4 Å². The molecule has 3 nitrogen and oxygen atoms in total. The Morgan fingerprint density at radius 3 is 2.38 bits per heavy atom. The first kappa shape index (κ1) is 18.1. The van der Waals surface area contributed by atoms with Crippen molar-refractivity contribution in [2.24, 2.45) is 0 Å². The third kappa shape index (κ3) is 6.56. The number of aromatic nitrogens is 2. The van der Waals surface area contributed by atoms with Gasteiger partial charge in [0.2, 0.25) is 0 Å². The minimum absolute atomic E-state index is 0.435.